The molecule has 1 aliphatic heterocycles. The van der Waals surface area contributed by atoms with Crippen LogP contribution in [0.1, 0.15) is 21.7 Å². The van der Waals surface area contributed by atoms with E-state index in [0.29, 0.717) is 10.7 Å². The van der Waals surface area contributed by atoms with Crippen LogP contribution < -0.4 is 5.32 Å². The minimum Gasteiger partial charge on any atom is -0.379 e. The molecule has 1 amide bonds. The molecule has 0 spiro atoms. The van der Waals surface area contributed by atoms with Gasteiger partial charge in [0.15, 0.2) is 5.13 Å². The molecule has 1 saturated heterocycles. The topological polar surface area (TPSA) is 67.4 Å². The Morgan fingerprint density at radius 1 is 1.41 bits per heavy atom. The Morgan fingerprint density at radius 3 is 2.95 bits per heavy atom. The molecule has 0 aliphatic carbocycles. The van der Waals surface area contributed by atoms with Gasteiger partial charge in [0, 0.05) is 36.9 Å². The molecule has 2 aromatic rings. The van der Waals surface area contributed by atoms with E-state index in [4.69, 9.17) is 4.74 Å². The highest BCUT2D eigenvalue weighted by Gasteiger charge is 2.14. The number of carbonyl (C=O) groups is 1. The van der Waals surface area contributed by atoms with Crippen LogP contribution in [-0.2, 0) is 11.3 Å². The molecule has 0 saturated carbocycles. The average molecular weight is 318 g/mol. The van der Waals surface area contributed by atoms with Crippen molar-refractivity contribution in [3.63, 3.8) is 0 Å². The van der Waals surface area contributed by atoms with E-state index < -0.39 is 0 Å². The molecule has 1 fully saturated rings. The highest BCUT2D eigenvalue weighted by Crippen LogP contribution is 2.18. The summed E-state index contributed by atoms with van der Waals surface area (Å²) in [6.07, 6.45) is 1.58. The highest BCUT2D eigenvalue weighted by molar-refractivity contribution is 7.13. The van der Waals surface area contributed by atoms with Crippen molar-refractivity contribution in [1.82, 2.24) is 14.9 Å². The predicted molar refractivity (Wildman–Crippen MR) is 85.1 cm³/mol. The van der Waals surface area contributed by atoms with E-state index in [9.17, 15) is 4.79 Å². The van der Waals surface area contributed by atoms with Gasteiger partial charge in [0.1, 0.15) is 0 Å². The van der Waals surface area contributed by atoms with Crippen molar-refractivity contribution < 1.29 is 9.53 Å². The van der Waals surface area contributed by atoms with Crippen LogP contribution in [0, 0.1) is 6.92 Å². The lowest BCUT2D eigenvalue weighted by Crippen LogP contribution is -2.35. The quantitative estimate of drug-likeness (QED) is 0.933. The lowest BCUT2D eigenvalue weighted by atomic mass is 10.2. The Kier molecular flexibility index (Phi) is 4.77. The van der Waals surface area contributed by atoms with Crippen molar-refractivity contribution in [2.45, 2.75) is 13.5 Å². The van der Waals surface area contributed by atoms with Crippen LogP contribution in [0.4, 0.5) is 5.13 Å². The number of hydrogen-bond donors (Lipinski definition) is 1. The number of nitrogens with one attached hydrogen (secondary N) is 1. The van der Waals surface area contributed by atoms with E-state index in [1.54, 1.807) is 12.3 Å². The van der Waals surface area contributed by atoms with Gasteiger partial charge in [-0.15, -0.1) is 11.3 Å². The van der Waals surface area contributed by atoms with Gasteiger partial charge in [-0.3, -0.25) is 20.0 Å². The summed E-state index contributed by atoms with van der Waals surface area (Å²) in [6.45, 7) is 6.08. The zero-order chi connectivity index (χ0) is 15.4. The first-order valence-corrected chi connectivity index (χ1v) is 8.07. The Balaban J connectivity index is 1.58. The Morgan fingerprint density at radius 2 is 2.23 bits per heavy atom. The molecule has 0 radical (unpaired) electrons. The molecule has 116 valence electrons. The zero-order valence-corrected chi connectivity index (χ0v) is 13.2. The first-order valence-electron chi connectivity index (χ1n) is 7.19. The van der Waals surface area contributed by atoms with Gasteiger partial charge in [-0.05, 0) is 19.1 Å². The van der Waals surface area contributed by atoms with E-state index in [2.05, 4.69) is 20.2 Å². The molecule has 0 atom stereocenters. The minimum absolute atomic E-state index is 0.181. The average Bonchev–Trinajstić information content (AvgIpc) is 2.96. The van der Waals surface area contributed by atoms with Crippen molar-refractivity contribution in [3.05, 3.63) is 40.7 Å². The van der Waals surface area contributed by atoms with Crippen molar-refractivity contribution in [1.29, 1.82) is 0 Å². The molecule has 3 heterocycles. The van der Waals surface area contributed by atoms with E-state index in [1.807, 2.05) is 18.4 Å². The molecule has 22 heavy (non-hydrogen) atoms. The number of thiazole rings is 1. The number of rotatable bonds is 4. The molecular formula is C15H18N4O2S. The maximum absolute atomic E-state index is 12.1. The van der Waals surface area contributed by atoms with Gasteiger partial charge in [-0.2, -0.15) is 0 Å². The molecule has 1 aliphatic rings. The standard InChI is InChI=1S/C15H18N4O2S/c1-11-2-3-12(8-16-11)14(20)18-15-17-13(10-22-15)9-19-4-6-21-7-5-19/h2-3,8,10H,4-7,9H2,1H3,(H,17,18,20). The van der Waals surface area contributed by atoms with E-state index >= 15 is 0 Å². The van der Waals surface area contributed by atoms with Crippen molar-refractivity contribution in [3.8, 4) is 0 Å². The summed E-state index contributed by atoms with van der Waals surface area (Å²) in [6, 6.07) is 3.58. The highest BCUT2D eigenvalue weighted by atomic mass is 32.1. The number of carbonyl (C=O) groups excluding carboxylic acids is 1. The molecule has 0 unspecified atom stereocenters. The molecule has 0 aromatic carbocycles. The summed E-state index contributed by atoms with van der Waals surface area (Å²) in [4.78, 5) is 23.0. The Bertz CT molecular complexity index is 635. The fourth-order valence-corrected chi connectivity index (χ4v) is 2.89. The van der Waals surface area contributed by atoms with E-state index in [1.165, 1.54) is 11.3 Å². The fraction of sp³-hybridized carbons (Fsp3) is 0.400. The fourth-order valence-electron chi connectivity index (χ4n) is 2.20. The van der Waals surface area contributed by atoms with Gasteiger partial charge in [0.2, 0.25) is 0 Å². The van der Waals surface area contributed by atoms with Gasteiger partial charge >= 0.3 is 0 Å². The van der Waals surface area contributed by atoms with Crippen LogP contribution in [0.2, 0.25) is 0 Å². The normalized spacial score (nSPS) is 15.7. The first-order chi connectivity index (χ1) is 10.7. The molecule has 6 nitrogen and oxygen atoms in total. The first kappa shape index (κ1) is 15.1. The summed E-state index contributed by atoms with van der Waals surface area (Å²) in [5.41, 5.74) is 2.40. The largest absolute Gasteiger partial charge is 0.379 e. The molecule has 7 heteroatoms. The van der Waals surface area contributed by atoms with Crippen LogP contribution in [0.25, 0.3) is 0 Å². The van der Waals surface area contributed by atoms with Crippen LogP contribution in [0.5, 0.6) is 0 Å². The number of morpholine rings is 1. The molecule has 2 aromatic heterocycles. The summed E-state index contributed by atoms with van der Waals surface area (Å²) >= 11 is 1.44. The SMILES string of the molecule is Cc1ccc(C(=O)Nc2nc(CN3CCOCC3)cs2)cn1. The second-order valence-corrected chi connectivity index (χ2v) is 6.03. The lowest BCUT2D eigenvalue weighted by Gasteiger charge is -2.25. The van der Waals surface area contributed by atoms with Crippen LogP contribution >= 0.6 is 11.3 Å². The van der Waals surface area contributed by atoms with Crippen LogP contribution in [-0.4, -0.2) is 47.1 Å². The number of hydrogen-bond acceptors (Lipinski definition) is 6. The van der Waals surface area contributed by atoms with Crippen molar-refractivity contribution in [2.24, 2.45) is 0 Å². The van der Waals surface area contributed by atoms with Gasteiger partial charge in [0.25, 0.3) is 5.91 Å². The van der Waals surface area contributed by atoms with Crippen molar-refractivity contribution >= 4 is 22.4 Å². The number of amides is 1. The third-order valence-corrected chi connectivity index (χ3v) is 4.24. The number of nitrogens with zero attached hydrogens (tertiary/aromatic N) is 3. The summed E-state index contributed by atoms with van der Waals surface area (Å²) in [7, 11) is 0. The maximum atomic E-state index is 12.1. The number of aryl methyl sites for hydroxylation is 1. The smallest absolute Gasteiger partial charge is 0.259 e. The summed E-state index contributed by atoms with van der Waals surface area (Å²) in [5, 5.41) is 5.42. The van der Waals surface area contributed by atoms with Crippen LogP contribution in [0.3, 0.4) is 0 Å². The van der Waals surface area contributed by atoms with Gasteiger partial charge < -0.3 is 4.74 Å². The van der Waals surface area contributed by atoms with E-state index in [-0.39, 0.29) is 5.91 Å². The van der Waals surface area contributed by atoms with Crippen molar-refractivity contribution in [2.75, 3.05) is 31.6 Å². The number of aromatic nitrogens is 2. The van der Waals surface area contributed by atoms with Crippen LogP contribution in [0.15, 0.2) is 23.7 Å². The molecule has 1 N–H and O–H groups in total. The number of ether oxygens (including phenoxy) is 1. The number of pyridine rings is 1. The van der Waals surface area contributed by atoms with E-state index in [0.717, 1.165) is 44.2 Å². The third kappa shape index (κ3) is 3.88. The predicted octanol–water partition coefficient (Wildman–Crippen LogP) is 1.93. The molecular weight excluding hydrogens is 300 g/mol. The summed E-state index contributed by atoms with van der Waals surface area (Å²) in [5.74, 6) is -0.181. The molecule has 3 rings (SSSR count). The third-order valence-electron chi connectivity index (χ3n) is 3.44. The van der Waals surface area contributed by atoms with Gasteiger partial charge in [0.05, 0.1) is 24.5 Å². The second-order valence-electron chi connectivity index (χ2n) is 5.17. The van der Waals surface area contributed by atoms with Gasteiger partial charge in [-0.25, -0.2) is 4.98 Å². The van der Waals surface area contributed by atoms with Gasteiger partial charge in [-0.1, -0.05) is 0 Å². The Hall–Kier alpha value is -1.83. The summed E-state index contributed by atoms with van der Waals surface area (Å²) < 4.78 is 5.33. The lowest BCUT2D eigenvalue weighted by molar-refractivity contribution is 0.0337. The zero-order valence-electron chi connectivity index (χ0n) is 12.4. The Labute approximate surface area is 133 Å². The number of anilines is 1. The monoisotopic (exact) mass is 318 g/mol. The molecule has 0 bridgehead atoms. The minimum atomic E-state index is -0.181. The second kappa shape index (κ2) is 6.95. The maximum Gasteiger partial charge on any atom is 0.259 e.